The first-order valence-electron chi connectivity index (χ1n) is 9.55. The van der Waals surface area contributed by atoms with Crippen LogP contribution in [0.2, 0.25) is 0 Å². The van der Waals surface area contributed by atoms with Crippen molar-refractivity contribution in [3.8, 4) is 0 Å². The van der Waals surface area contributed by atoms with Gasteiger partial charge in [0.1, 0.15) is 6.04 Å². The van der Waals surface area contributed by atoms with Gasteiger partial charge in [0.05, 0.1) is 0 Å². The minimum Gasteiger partial charge on any atom is -0.338 e. The normalized spacial score (nSPS) is 16.4. The Kier molecular flexibility index (Phi) is 7.91. The minimum absolute atomic E-state index is 0.0108. The Balaban J connectivity index is 1.70. The SMILES string of the molecule is CC(C)CCNC(=O)N[C@@H](C)C(=O)N1CCN(Cc2ccccc2)CC1. The first-order valence-corrected chi connectivity index (χ1v) is 9.55. The van der Waals surface area contributed by atoms with Crippen LogP contribution in [0.1, 0.15) is 32.8 Å². The molecule has 1 aliphatic heterocycles. The highest BCUT2D eigenvalue weighted by molar-refractivity contribution is 5.86. The van der Waals surface area contributed by atoms with Gasteiger partial charge in [0.2, 0.25) is 5.91 Å². The maximum absolute atomic E-state index is 12.5. The van der Waals surface area contributed by atoms with E-state index < -0.39 is 6.04 Å². The second-order valence-corrected chi connectivity index (χ2v) is 7.39. The van der Waals surface area contributed by atoms with E-state index >= 15 is 0 Å². The van der Waals surface area contributed by atoms with Crippen molar-refractivity contribution in [1.82, 2.24) is 20.4 Å². The third kappa shape index (κ3) is 6.67. The molecule has 1 atom stereocenters. The van der Waals surface area contributed by atoms with Crippen LogP contribution < -0.4 is 10.6 Å². The summed E-state index contributed by atoms with van der Waals surface area (Å²) in [4.78, 5) is 28.6. The zero-order chi connectivity index (χ0) is 18.9. The van der Waals surface area contributed by atoms with Gasteiger partial charge in [-0.25, -0.2) is 4.79 Å². The first kappa shape index (κ1) is 20.2. The molecule has 1 fully saturated rings. The Morgan fingerprint density at radius 3 is 2.31 bits per heavy atom. The number of carbonyl (C=O) groups is 2. The summed E-state index contributed by atoms with van der Waals surface area (Å²) in [7, 11) is 0. The van der Waals surface area contributed by atoms with Crippen molar-refractivity contribution >= 4 is 11.9 Å². The maximum Gasteiger partial charge on any atom is 0.315 e. The Hall–Kier alpha value is -2.08. The summed E-state index contributed by atoms with van der Waals surface area (Å²) in [5.41, 5.74) is 1.29. The predicted molar refractivity (Wildman–Crippen MR) is 104 cm³/mol. The molecule has 0 bridgehead atoms. The van der Waals surface area contributed by atoms with E-state index in [1.807, 2.05) is 11.0 Å². The van der Waals surface area contributed by atoms with E-state index in [2.05, 4.69) is 53.6 Å². The fourth-order valence-electron chi connectivity index (χ4n) is 3.03. The maximum atomic E-state index is 12.5. The minimum atomic E-state index is -0.505. The molecule has 0 saturated carbocycles. The zero-order valence-corrected chi connectivity index (χ0v) is 16.2. The molecule has 2 N–H and O–H groups in total. The molecule has 1 heterocycles. The van der Waals surface area contributed by atoms with E-state index in [4.69, 9.17) is 0 Å². The summed E-state index contributed by atoms with van der Waals surface area (Å²) < 4.78 is 0. The second kappa shape index (κ2) is 10.2. The van der Waals surface area contributed by atoms with Crippen molar-refractivity contribution in [3.63, 3.8) is 0 Å². The van der Waals surface area contributed by atoms with Gasteiger partial charge in [-0.15, -0.1) is 0 Å². The third-order valence-electron chi connectivity index (χ3n) is 4.66. The molecule has 0 radical (unpaired) electrons. The van der Waals surface area contributed by atoms with Crippen LogP contribution in [0.5, 0.6) is 0 Å². The van der Waals surface area contributed by atoms with Gasteiger partial charge in [0.25, 0.3) is 0 Å². The van der Waals surface area contributed by atoms with Crippen molar-refractivity contribution in [1.29, 1.82) is 0 Å². The van der Waals surface area contributed by atoms with Crippen LogP contribution in [-0.4, -0.2) is 60.5 Å². The molecule has 2 rings (SSSR count). The fraction of sp³-hybridized carbons (Fsp3) is 0.600. The van der Waals surface area contributed by atoms with E-state index in [-0.39, 0.29) is 11.9 Å². The van der Waals surface area contributed by atoms with Crippen LogP contribution >= 0.6 is 0 Å². The molecular weight excluding hydrogens is 328 g/mol. The van der Waals surface area contributed by atoms with E-state index in [0.717, 1.165) is 26.1 Å². The predicted octanol–water partition coefficient (Wildman–Crippen LogP) is 2.06. The molecule has 0 spiro atoms. The van der Waals surface area contributed by atoms with E-state index in [9.17, 15) is 9.59 Å². The highest BCUT2D eigenvalue weighted by Crippen LogP contribution is 2.09. The summed E-state index contributed by atoms with van der Waals surface area (Å²) in [5, 5.41) is 5.55. The average molecular weight is 361 g/mol. The molecular formula is C20H32N4O2. The number of nitrogens with zero attached hydrogens (tertiary/aromatic N) is 2. The Morgan fingerprint density at radius 2 is 1.69 bits per heavy atom. The van der Waals surface area contributed by atoms with Crippen LogP contribution in [0.25, 0.3) is 0 Å². The van der Waals surface area contributed by atoms with Crippen molar-refractivity contribution in [2.75, 3.05) is 32.7 Å². The highest BCUT2D eigenvalue weighted by atomic mass is 16.2. The largest absolute Gasteiger partial charge is 0.338 e. The topological polar surface area (TPSA) is 64.7 Å². The van der Waals surface area contributed by atoms with Gasteiger partial charge < -0.3 is 15.5 Å². The number of urea groups is 1. The molecule has 0 unspecified atom stereocenters. The fourth-order valence-corrected chi connectivity index (χ4v) is 3.03. The Morgan fingerprint density at radius 1 is 1.04 bits per heavy atom. The molecule has 144 valence electrons. The number of rotatable bonds is 7. The van der Waals surface area contributed by atoms with Gasteiger partial charge in [0, 0.05) is 39.3 Å². The number of hydrogen-bond donors (Lipinski definition) is 2. The molecule has 1 aliphatic rings. The summed E-state index contributed by atoms with van der Waals surface area (Å²) in [6.45, 7) is 10.6. The van der Waals surface area contributed by atoms with Gasteiger partial charge in [0.15, 0.2) is 0 Å². The van der Waals surface area contributed by atoms with Crippen LogP contribution in [0.3, 0.4) is 0 Å². The molecule has 1 saturated heterocycles. The number of piperazine rings is 1. The van der Waals surface area contributed by atoms with E-state index in [0.29, 0.717) is 25.6 Å². The molecule has 6 heteroatoms. The summed E-state index contributed by atoms with van der Waals surface area (Å²) >= 11 is 0. The summed E-state index contributed by atoms with van der Waals surface area (Å²) in [6.07, 6.45) is 0.930. The first-order chi connectivity index (χ1) is 12.5. The van der Waals surface area contributed by atoms with Crippen LogP contribution in [-0.2, 0) is 11.3 Å². The summed E-state index contributed by atoms with van der Waals surface area (Å²) in [5.74, 6) is 0.532. The molecule has 6 nitrogen and oxygen atoms in total. The lowest BCUT2D eigenvalue weighted by molar-refractivity contribution is -0.134. The second-order valence-electron chi connectivity index (χ2n) is 7.39. The van der Waals surface area contributed by atoms with Gasteiger partial charge in [-0.05, 0) is 24.8 Å². The third-order valence-corrected chi connectivity index (χ3v) is 4.66. The van der Waals surface area contributed by atoms with Crippen LogP contribution in [0.15, 0.2) is 30.3 Å². The number of benzene rings is 1. The lowest BCUT2D eigenvalue weighted by Crippen LogP contribution is -2.55. The standard InChI is InChI=1S/C20H32N4O2/c1-16(2)9-10-21-20(26)22-17(3)19(25)24-13-11-23(12-14-24)15-18-7-5-4-6-8-18/h4-8,16-17H,9-15H2,1-3H3,(H2,21,22,26)/t17-/m0/s1. The molecule has 3 amide bonds. The van der Waals surface area contributed by atoms with E-state index in [1.54, 1.807) is 6.92 Å². The van der Waals surface area contributed by atoms with Crippen molar-refractivity contribution in [3.05, 3.63) is 35.9 Å². The average Bonchev–Trinajstić information content (AvgIpc) is 2.62. The molecule has 1 aromatic rings. The molecule has 1 aromatic carbocycles. The number of hydrogen-bond acceptors (Lipinski definition) is 3. The Bertz CT molecular complexity index is 568. The number of amides is 3. The van der Waals surface area contributed by atoms with Gasteiger partial charge in [-0.2, -0.15) is 0 Å². The monoisotopic (exact) mass is 360 g/mol. The van der Waals surface area contributed by atoms with Crippen LogP contribution in [0, 0.1) is 5.92 Å². The van der Waals surface area contributed by atoms with Gasteiger partial charge in [-0.1, -0.05) is 44.2 Å². The molecule has 0 aliphatic carbocycles. The Labute approximate surface area is 156 Å². The lowest BCUT2D eigenvalue weighted by Gasteiger charge is -2.36. The van der Waals surface area contributed by atoms with Crippen molar-refractivity contribution in [2.24, 2.45) is 5.92 Å². The zero-order valence-electron chi connectivity index (χ0n) is 16.2. The van der Waals surface area contributed by atoms with Gasteiger partial charge in [-0.3, -0.25) is 9.69 Å². The van der Waals surface area contributed by atoms with Gasteiger partial charge >= 0.3 is 6.03 Å². The number of nitrogens with one attached hydrogen (secondary N) is 2. The number of carbonyl (C=O) groups excluding carboxylic acids is 2. The smallest absolute Gasteiger partial charge is 0.315 e. The van der Waals surface area contributed by atoms with Crippen molar-refractivity contribution in [2.45, 2.75) is 39.8 Å². The summed E-state index contributed by atoms with van der Waals surface area (Å²) in [6, 6.07) is 9.60. The lowest BCUT2D eigenvalue weighted by atomic mass is 10.1. The van der Waals surface area contributed by atoms with Crippen molar-refractivity contribution < 1.29 is 9.59 Å². The molecule has 26 heavy (non-hydrogen) atoms. The highest BCUT2D eigenvalue weighted by Gasteiger charge is 2.25. The molecule has 0 aromatic heterocycles. The van der Waals surface area contributed by atoms with E-state index in [1.165, 1.54) is 5.56 Å². The quantitative estimate of drug-likeness (QED) is 0.782. The van der Waals surface area contributed by atoms with Crippen LogP contribution in [0.4, 0.5) is 4.79 Å².